The maximum Gasteiger partial charge on any atom is 0.241 e. The van der Waals surface area contributed by atoms with E-state index in [0.717, 1.165) is 16.1 Å². The van der Waals surface area contributed by atoms with Crippen molar-refractivity contribution < 1.29 is 14.0 Å². The fourth-order valence-electron chi connectivity index (χ4n) is 3.82. The molecule has 0 aliphatic carbocycles. The summed E-state index contributed by atoms with van der Waals surface area (Å²) in [5.41, 5.74) is 2.19. The molecular weight excluding hydrogens is 423 g/mol. The number of hydrogen-bond donors (Lipinski definition) is 1. The van der Waals surface area contributed by atoms with Crippen molar-refractivity contribution in [3.8, 4) is 0 Å². The number of anilines is 1. The summed E-state index contributed by atoms with van der Waals surface area (Å²) in [5, 5.41) is 2.43. The van der Waals surface area contributed by atoms with Crippen LogP contribution in [-0.2, 0) is 16.1 Å². The Morgan fingerprint density at radius 2 is 1.66 bits per heavy atom. The number of halogens is 1. The first-order chi connectivity index (χ1) is 15.5. The highest BCUT2D eigenvalue weighted by molar-refractivity contribution is 8.01. The maximum atomic E-state index is 14.3. The van der Waals surface area contributed by atoms with Crippen molar-refractivity contribution >= 4 is 29.3 Å². The van der Waals surface area contributed by atoms with Gasteiger partial charge < -0.3 is 10.2 Å². The van der Waals surface area contributed by atoms with Crippen LogP contribution in [0.1, 0.15) is 31.0 Å². The number of thioether (sulfide) groups is 1. The van der Waals surface area contributed by atoms with Gasteiger partial charge >= 0.3 is 0 Å². The second-order valence-corrected chi connectivity index (χ2v) is 9.14. The Bertz CT molecular complexity index is 1120. The van der Waals surface area contributed by atoms with E-state index in [-0.39, 0.29) is 30.2 Å². The van der Waals surface area contributed by atoms with Crippen LogP contribution in [-0.4, -0.2) is 17.1 Å². The van der Waals surface area contributed by atoms with E-state index in [2.05, 4.69) is 5.32 Å². The van der Waals surface area contributed by atoms with Crippen LogP contribution in [0.5, 0.6) is 0 Å². The largest absolute Gasteiger partial charge is 0.349 e. The molecule has 164 valence electrons. The van der Waals surface area contributed by atoms with Gasteiger partial charge in [0, 0.05) is 10.5 Å². The SMILES string of the molecule is C[C@H](NC(=O)[C@H](C)[C@H]1Sc2ccccc2N(Cc2ccccc2F)C1=O)c1ccccc1. The zero-order valence-electron chi connectivity index (χ0n) is 18.0. The van der Waals surface area contributed by atoms with Gasteiger partial charge in [-0.05, 0) is 30.7 Å². The van der Waals surface area contributed by atoms with E-state index >= 15 is 0 Å². The molecule has 0 spiro atoms. The van der Waals surface area contributed by atoms with Crippen LogP contribution in [0.2, 0.25) is 0 Å². The summed E-state index contributed by atoms with van der Waals surface area (Å²) in [4.78, 5) is 29.1. The first-order valence-electron chi connectivity index (χ1n) is 10.6. The number of rotatable bonds is 6. The number of para-hydroxylation sites is 1. The van der Waals surface area contributed by atoms with E-state index in [1.54, 1.807) is 30.0 Å². The van der Waals surface area contributed by atoms with Crippen LogP contribution < -0.4 is 10.2 Å². The highest BCUT2D eigenvalue weighted by atomic mass is 32.2. The molecule has 1 N–H and O–H groups in total. The summed E-state index contributed by atoms with van der Waals surface area (Å²) >= 11 is 1.40. The third kappa shape index (κ3) is 4.55. The van der Waals surface area contributed by atoms with Crippen LogP contribution >= 0.6 is 11.8 Å². The van der Waals surface area contributed by atoms with Crippen molar-refractivity contribution in [1.82, 2.24) is 5.32 Å². The molecule has 0 saturated heterocycles. The van der Waals surface area contributed by atoms with Gasteiger partial charge in [-0.25, -0.2) is 4.39 Å². The van der Waals surface area contributed by atoms with E-state index in [1.165, 1.54) is 17.8 Å². The molecule has 32 heavy (non-hydrogen) atoms. The predicted molar refractivity (Wildman–Crippen MR) is 126 cm³/mol. The molecule has 4 rings (SSSR count). The smallest absolute Gasteiger partial charge is 0.241 e. The number of carbonyl (C=O) groups is 2. The minimum absolute atomic E-state index is 0.119. The van der Waals surface area contributed by atoms with Crippen molar-refractivity contribution in [3.63, 3.8) is 0 Å². The van der Waals surface area contributed by atoms with Crippen molar-refractivity contribution in [2.75, 3.05) is 4.90 Å². The lowest BCUT2D eigenvalue weighted by Gasteiger charge is -2.36. The molecule has 3 atom stereocenters. The fraction of sp³-hybridized carbons (Fsp3) is 0.231. The topological polar surface area (TPSA) is 49.4 Å². The van der Waals surface area contributed by atoms with E-state index in [1.807, 2.05) is 61.5 Å². The zero-order chi connectivity index (χ0) is 22.7. The zero-order valence-corrected chi connectivity index (χ0v) is 18.8. The van der Waals surface area contributed by atoms with E-state index in [4.69, 9.17) is 0 Å². The summed E-state index contributed by atoms with van der Waals surface area (Å²) in [6.07, 6.45) is 0. The quantitative estimate of drug-likeness (QED) is 0.553. The van der Waals surface area contributed by atoms with Gasteiger partial charge in [-0.3, -0.25) is 9.59 Å². The molecule has 4 nitrogen and oxygen atoms in total. The molecule has 0 unspecified atom stereocenters. The van der Waals surface area contributed by atoms with Crippen LogP contribution in [0.3, 0.4) is 0 Å². The first kappa shape index (κ1) is 22.1. The van der Waals surface area contributed by atoms with Gasteiger partial charge in [0.25, 0.3) is 0 Å². The third-order valence-electron chi connectivity index (χ3n) is 5.73. The van der Waals surface area contributed by atoms with Gasteiger partial charge in [-0.15, -0.1) is 11.8 Å². The fourth-order valence-corrected chi connectivity index (χ4v) is 5.11. The third-order valence-corrected chi connectivity index (χ3v) is 7.19. The number of carbonyl (C=O) groups excluding carboxylic acids is 2. The summed E-state index contributed by atoms with van der Waals surface area (Å²) < 4.78 is 14.3. The van der Waals surface area contributed by atoms with Crippen molar-refractivity contribution in [1.29, 1.82) is 0 Å². The molecular formula is C26H25FN2O2S. The highest BCUT2D eigenvalue weighted by Crippen LogP contribution is 2.42. The number of nitrogens with zero attached hydrogens (tertiary/aromatic N) is 1. The van der Waals surface area contributed by atoms with Crippen LogP contribution in [0.15, 0.2) is 83.8 Å². The van der Waals surface area contributed by atoms with Gasteiger partial charge in [0.2, 0.25) is 11.8 Å². The van der Waals surface area contributed by atoms with Gasteiger partial charge in [0.1, 0.15) is 11.1 Å². The number of hydrogen-bond acceptors (Lipinski definition) is 3. The molecule has 0 saturated carbocycles. The number of amides is 2. The molecule has 0 fully saturated rings. The second kappa shape index (κ2) is 9.57. The normalized spacial score (nSPS) is 17.4. The predicted octanol–water partition coefficient (Wildman–Crippen LogP) is 5.35. The van der Waals surface area contributed by atoms with Gasteiger partial charge in [-0.1, -0.05) is 67.6 Å². The first-order valence-corrected chi connectivity index (χ1v) is 11.5. The van der Waals surface area contributed by atoms with Crippen LogP contribution in [0.4, 0.5) is 10.1 Å². The number of fused-ring (bicyclic) bond motifs is 1. The molecule has 0 bridgehead atoms. The molecule has 3 aromatic rings. The molecule has 1 aliphatic heterocycles. The molecule has 3 aromatic carbocycles. The molecule has 2 amide bonds. The highest BCUT2D eigenvalue weighted by Gasteiger charge is 2.39. The second-order valence-electron chi connectivity index (χ2n) is 7.95. The number of benzene rings is 3. The standard InChI is InChI=1S/C26H25FN2O2S/c1-17(25(30)28-18(2)19-10-4-3-5-11-19)24-26(31)29(16-20-12-6-7-13-21(20)27)22-14-8-9-15-23(22)32-24/h3-15,17-18,24H,16H2,1-2H3,(H,28,30)/t17-,18+,24-/m1/s1. The summed E-state index contributed by atoms with van der Waals surface area (Å²) in [7, 11) is 0. The van der Waals surface area contributed by atoms with Gasteiger partial charge in [0.15, 0.2) is 0 Å². The van der Waals surface area contributed by atoms with Crippen LogP contribution in [0, 0.1) is 11.7 Å². The van der Waals surface area contributed by atoms with E-state index in [0.29, 0.717) is 5.56 Å². The Morgan fingerprint density at radius 1 is 1.00 bits per heavy atom. The van der Waals surface area contributed by atoms with Crippen molar-refractivity contribution in [2.24, 2.45) is 5.92 Å². The Balaban J connectivity index is 1.57. The van der Waals surface area contributed by atoms with Gasteiger partial charge in [-0.2, -0.15) is 0 Å². The molecule has 0 radical (unpaired) electrons. The van der Waals surface area contributed by atoms with Gasteiger partial charge in [0.05, 0.1) is 24.2 Å². The number of nitrogens with one attached hydrogen (secondary N) is 1. The molecule has 1 heterocycles. The minimum atomic E-state index is -0.598. The van der Waals surface area contributed by atoms with Crippen molar-refractivity contribution in [2.45, 2.75) is 36.6 Å². The average molecular weight is 449 g/mol. The van der Waals surface area contributed by atoms with E-state index < -0.39 is 11.2 Å². The lowest BCUT2D eigenvalue weighted by molar-refractivity contribution is -0.128. The Labute approximate surface area is 191 Å². The molecule has 0 aromatic heterocycles. The van der Waals surface area contributed by atoms with Crippen molar-refractivity contribution in [3.05, 3.63) is 95.8 Å². The summed E-state index contributed by atoms with van der Waals surface area (Å²) in [5.74, 6) is -1.28. The summed E-state index contributed by atoms with van der Waals surface area (Å²) in [6, 6.07) is 23.6. The maximum absolute atomic E-state index is 14.3. The lowest BCUT2D eigenvalue weighted by Crippen LogP contribution is -2.47. The van der Waals surface area contributed by atoms with E-state index in [9.17, 15) is 14.0 Å². The molecule has 1 aliphatic rings. The minimum Gasteiger partial charge on any atom is -0.349 e. The Kier molecular flexibility index (Phi) is 6.61. The average Bonchev–Trinajstić information content (AvgIpc) is 2.82. The van der Waals surface area contributed by atoms with Crippen LogP contribution in [0.25, 0.3) is 0 Å². The molecule has 6 heteroatoms. The monoisotopic (exact) mass is 448 g/mol. The lowest BCUT2D eigenvalue weighted by atomic mass is 10.0. The Morgan fingerprint density at radius 3 is 2.41 bits per heavy atom. The Hall–Kier alpha value is -3.12. The summed E-state index contributed by atoms with van der Waals surface area (Å²) in [6.45, 7) is 3.82.